The number of rotatable bonds is 6. The van der Waals surface area contributed by atoms with E-state index in [1.807, 2.05) is 43.3 Å². The number of carbonyl (C=O) groups excluding carboxylic acids is 2. The Balaban J connectivity index is 1.43. The minimum atomic E-state index is -0.584. The maximum atomic E-state index is 12.9. The van der Waals surface area contributed by atoms with E-state index in [9.17, 15) is 14.7 Å². The highest BCUT2D eigenvalue weighted by atomic mass is 16.3. The summed E-state index contributed by atoms with van der Waals surface area (Å²) in [7, 11) is 0. The molecule has 0 radical (unpaired) electrons. The number of fused-ring (bicyclic) bond motifs is 1. The first-order valence-electron chi connectivity index (χ1n) is 12.1. The summed E-state index contributed by atoms with van der Waals surface area (Å²) >= 11 is 0. The van der Waals surface area contributed by atoms with Crippen molar-refractivity contribution >= 4 is 11.8 Å². The van der Waals surface area contributed by atoms with E-state index in [0.29, 0.717) is 17.9 Å². The number of furan rings is 1. The van der Waals surface area contributed by atoms with Crippen LogP contribution in [-0.4, -0.2) is 29.1 Å². The monoisotopic (exact) mass is 452 g/mol. The number of aliphatic hydroxyl groups is 1. The fourth-order valence-corrected chi connectivity index (χ4v) is 6.28. The number of carbonyl (C=O) groups is 2. The predicted octanol–water partition coefficient (Wildman–Crippen LogP) is 4.15. The second kappa shape index (κ2) is 9.72. The largest absolute Gasteiger partial charge is 0.467 e. The Morgan fingerprint density at radius 1 is 1.15 bits per heavy atom. The zero-order valence-electron chi connectivity index (χ0n) is 19.8. The second-order valence-corrected chi connectivity index (χ2v) is 10.3. The zero-order chi connectivity index (χ0) is 23.6. The van der Waals surface area contributed by atoms with Crippen LogP contribution >= 0.6 is 0 Å². The number of hydrogen-bond donors (Lipinski definition) is 3. The molecule has 2 saturated carbocycles. The molecule has 0 spiro atoms. The van der Waals surface area contributed by atoms with Gasteiger partial charge in [0.2, 0.25) is 5.91 Å². The second-order valence-electron chi connectivity index (χ2n) is 10.3. The molecule has 7 atom stereocenters. The summed E-state index contributed by atoms with van der Waals surface area (Å²) in [6.45, 7) is 6.68. The molecule has 6 nitrogen and oxygen atoms in total. The van der Waals surface area contributed by atoms with E-state index < -0.39 is 6.10 Å². The highest BCUT2D eigenvalue weighted by Gasteiger charge is 2.53. The van der Waals surface area contributed by atoms with Crippen LogP contribution in [-0.2, 0) is 11.3 Å². The summed E-state index contributed by atoms with van der Waals surface area (Å²) < 4.78 is 5.31. The molecule has 33 heavy (non-hydrogen) atoms. The van der Waals surface area contributed by atoms with E-state index in [4.69, 9.17) is 4.42 Å². The Morgan fingerprint density at radius 2 is 1.88 bits per heavy atom. The van der Waals surface area contributed by atoms with Crippen LogP contribution in [0.1, 0.15) is 62.6 Å². The van der Waals surface area contributed by atoms with Gasteiger partial charge in [0.1, 0.15) is 5.76 Å². The lowest BCUT2D eigenvalue weighted by Gasteiger charge is -2.56. The van der Waals surface area contributed by atoms with Crippen LogP contribution < -0.4 is 10.6 Å². The predicted molar refractivity (Wildman–Crippen MR) is 126 cm³/mol. The molecule has 178 valence electrons. The van der Waals surface area contributed by atoms with Crippen molar-refractivity contribution in [3.63, 3.8) is 0 Å². The van der Waals surface area contributed by atoms with Gasteiger partial charge in [-0.3, -0.25) is 9.59 Å². The molecule has 0 saturated heterocycles. The molecule has 2 aliphatic rings. The number of benzene rings is 1. The smallest absolute Gasteiger partial charge is 0.251 e. The molecular formula is C27H36N2O4. The molecule has 1 heterocycles. The van der Waals surface area contributed by atoms with Crippen LogP contribution in [0.15, 0.2) is 53.1 Å². The number of aliphatic hydroxyl groups excluding tert-OH is 1. The van der Waals surface area contributed by atoms with Crippen molar-refractivity contribution in [3.8, 4) is 0 Å². The maximum Gasteiger partial charge on any atom is 0.251 e. The first kappa shape index (κ1) is 23.6. The van der Waals surface area contributed by atoms with Gasteiger partial charge in [-0.15, -0.1) is 0 Å². The van der Waals surface area contributed by atoms with Crippen molar-refractivity contribution in [2.75, 3.05) is 0 Å². The molecule has 2 aromatic rings. The van der Waals surface area contributed by atoms with Gasteiger partial charge in [0.25, 0.3) is 5.91 Å². The molecule has 3 N–H and O–H groups in total. The summed E-state index contributed by atoms with van der Waals surface area (Å²) in [5, 5.41) is 17.7. The lowest BCUT2D eigenvalue weighted by molar-refractivity contribution is -0.142. The maximum absolute atomic E-state index is 12.9. The normalized spacial score (nSPS) is 32.4. The van der Waals surface area contributed by atoms with Crippen LogP contribution in [0.25, 0.3) is 0 Å². The first-order chi connectivity index (χ1) is 15.8. The molecule has 0 bridgehead atoms. The quantitative estimate of drug-likeness (QED) is 0.614. The average Bonchev–Trinajstić information content (AvgIpc) is 3.33. The number of nitrogens with one attached hydrogen (secondary N) is 2. The third kappa shape index (κ3) is 4.86. The van der Waals surface area contributed by atoms with Crippen molar-refractivity contribution in [2.45, 2.75) is 65.1 Å². The van der Waals surface area contributed by atoms with Gasteiger partial charge in [0, 0.05) is 17.5 Å². The Kier molecular flexibility index (Phi) is 6.94. The fraction of sp³-hybridized carbons (Fsp3) is 0.556. The Morgan fingerprint density at radius 3 is 2.58 bits per heavy atom. The molecule has 2 fully saturated rings. The van der Waals surface area contributed by atoms with E-state index in [0.717, 1.165) is 25.7 Å². The minimum absolute atomic E-state index is 0.00673. The van der Waals surface area contributed by atoms with E-state index in [2.05, 4.69) is 24.5 Å². The third-order valence-electron chi connectivity index (χ3n) is 8.31. The van der Waals surface area contributed by atoms with E-state index in [-0.39, 0.29) is 46.9 Å². The molecule has 0 aliphatic heterocycles. The van der Waals surface area contributed by atoms with Crippen molar-refractivity contribution in [2.24, 2.45) is 29.1 Å². The molecule has 7 unspecified atom stereocenters. The molecule has 6 heteroatoms. The van der Waals surface area contributed by atoms with Gasteiger partial charge in [-0.1, -0.05) is 39.0 Å². The van der Waals surface area contributed by atoms with Gasteiger partial charge < -0.3 is 20.2 Å². The topological polar surface area (TPSA) is 91.6 Å². The number of amides is 2. The minimum Gasteiger partial charge on any atom is -0.467 e. The van der Waals surface area contributed by atoms with Crippen molar-refractivity contribution < 1.29 is 19.1 Å². The average molecular weight is 453 g/mol. The van der Waals surface area contributed by atoms with Crippen LogP contribution in [0.5, 0.6) is 0 Å². The fourth-order valence-electron chi connectivity index (χ4n) is 6.28. The van der Waals surface area contributed by atoms with Gasteiger partial charge in [-0.2, -0.15) is 0 Å². The first-order valence-corrected chi connectivity index (χ1v) is 12.1. The zero-order valence-corrected chi connectivity index (χ0v) is 19.8. The van der Waals surface area contributed by atoms with Crippen molar-refractivity contribution in [3.05, 3.63) is 60.1 Å². The van der Waals surface area contributed by atoms with Crippen LogP contribution in [0.3, 0.4) is 0 Å². The van der Waals surface area contributed by atoms with Gasteiger partial charge >= 0.3 is 0 Å². The SMILES string of the molecule is CC(C(=O)NCc1ccco1)C1CCC2(C)CCC(NC(=O)c3ccccc3)C(C)C2C1O. The summed E-state index contributed by atoms with van der Waals surface area (Å²) in [6.07, 6.45) is 4.69. The van der Waals surface area contributed by atoms with Gasteiger partial charge in [0.05, 0.1) is 18.9 Å². The molecule has 1 aromatic carbocycles. The molecular weight excluding hydrogens is 416 g/mol. The molecule has 4 rings (SSSR count). The molecule has 1 aromatic heterocycles. The van der Waals surface area contributed by atoms with Crippen molar-refractivity contribution in [1.82, 2.24) is 10.6 Å². The summed E-state index contributed by atoms with van der Waals surface area (Å²) in [6, 6.07) is 12.9. The standard InChI is InChI=1S/C27H36N2O4/c1-17(25(31)28-16-20-10-7-15-33-20)21-11-13-27(3)14-12-22(18(2)23(27)24(21)30)29-26(32)19-8-5-4-6-9-19/h4-10,15,17-18,21-24,30H,11-14,16H2,1-3H3,(H,28,31)(H,29,32). The van der Waals surface area contributed by atoms with E-state index >= 15 is 0 Å². The number of hydrogen-bond acceptors (Lipinski definition) is 4. The van der Waals surface area contributed by atoms with E-state index in [1.165, 1.54) is 0 Å². The van der Waals surface area contributed by atoms with Crippen LogP contribution in [0, 0.1) is 29.1 Å². The Bertz CT molecular complexity index is 944. The summed E-state index contributed by atoms with van der Waals surface area (Å²) in [5.41, 5.74) is 0.676. The molecule has 2 aliphatic carbocycles. The van der Waals surface area contributed by atoms with Crippen molar-refractivity contribution in [1.29, 1.82) is 0 Å². The lowest BCUT2D eigenvalue weighted by Crippen LogP contribution is -2.58. The molecule has 2 amide bonds. The lowest BCUT2D eigenvalue weighted by atomic mass is 9.51. The van der Waals surface area contributed by atoms with E-state index in [1.54, 1.807) is 12.3 Å². The Labute approximate surface area is 196 Å². The van der Waals surface area contributed by atoms with Gasteiger partial charge in [-0.05, 0) is 73.1 Å². The Hall–Kier alpha value is -2.60. The summed E-state index contributed by atoms with van der Waals surface area (Å²) in [5.74, 6) is 0.334. The van der Waals surface area contributed by atoms with Gasteiger partial charge in [-0.25, -0.2) is 0 Å². The van der Waals surface area contributed by atoms with Gasteiger partial charge in [0.15, 0.2) is 0 Å². The van der Waals surface area contributed by atoms with Crippen LogP contribution in [0.2, 0.25) is 0 Å². The van der Waals surface area contributed by atoms with Crippen LogP contribution in [0.4, 0.5) is 0 Å². The third-order valence-corrected chi connectivity index (χ3v) is 8.31. The highest BCUT2D eigenvalue weighted by Crippen LogP contribution is 2.55. The summed E-state index contributed by atoms with van der Waals surface area (Å²) in [4.78, 5) is 25.6. The highest BCUT2D eigenvalue weighted by molar-refractivity contribution is 5.94.